The number of hydrogen-bond donors (Lipinski definition) is 0. The Balaban J connectivity index is 1.18. The second-order valence-electron chi connectivity index (χ2n) is 12.4. The van der Waals surface area contributed by atoms with Crippen LogP contribution in [0.2, 0.25) is 0 Å². The highest BCUT2D eigenvalue weighted by atomic mass is 16.3. The molecule has 0 spiro atoms. The summed E-state index contributed by atoms with van der Waals surface area (Å²) in [5, 5.41) is 7.59. The van der Waals surface area contributed by atoms with E-state index in [9.17, 15) is 0 Å². The maximum Gasteiger partial charge on any atom is 0.143 e. The van der Waals surface area contributed by atoms with Crippen molar-refractivity contribution in [2.45, 2.75) is 6.42 Å². The summed E-state index contributed by atoms with van der Waals surface area (Å²) >= 11 is 0. The van der Waals surface area contributed by atoms with E-state index in [0.29, 0.717) is 28.7 Å². The second-order valence-corrected chi connectivity index (χ2v) is 12.4. The van der Waals surface area contributed by atoms with Crippen molar-refractivity contribution >= 4 is 54.3 Å². The molecular formula is C49H32O. The van der Waals surface area contributed by atoms with E-state index in [0.717, 1.165) is 65.3 Å². The van der Waals surface area contributed by atoms with Crippen molar-refractivity contribution < 1.29 is 18.1 Å². The Labute approximate surface area is 304 Å². The summed E-state index contributed by atoms with van der Waals surface area (Å²) in [5.74, 6) is 0. The SMILES string of the molecule is [2H]c1c([2H])c([2H])c(-c2ccc3c(ccc4c3oc3cccc(-c5c6ccccc6c(Cc6ccccc6-c6c([2H])c([2H])c([2H])c([2H])c6[2H])c6ccccc56)c34)c2)c([2H])c1[2H]. The first kappa shape index (κ1) is 20.2. The predicted molar refractivity (Wildman–Crippen MR) is 212 cm³/mol. The Kier molecular flexibility index (Phi) is 4.68. The molecule has 0 N–H and O–H groups in total. The Morgan fingerprint density at radius 2 is 1.08 bits per heavy atom. The third kappa shape index (κ3) is 4.55. The number of rotatable bonds is 5. The Hall–Kier alpha value is -6.44. The van der Waals surface area contributed by atoms with Gasteiger partial charge in [0.25, 0.3) is 0 Å². The molecule has 0 radical (unpaired) electrons. The monoisotopic (exact) mass is 646 g/mol. The van der Waals surface area contributed by atoms with Gasteiger partial charge in [0.15, 0.2) is 0 Å². The summed E-state index contributed by atoms with van der Waals surface area (Å²) in [4.78, 5) is 0. The van der Waals surface area contributed by atoms with Crippen molar-refractivity contribution in [3.8, 4) is 33.4 Å². The summed E-state index contributed by atoms with van der Waals surface area (Å²) in [6.45, 7) is 0. The number of hydrogen-bond acceptors (Lipinski definition) is 1. The average molecular weight is 647 g/mol. The molecule has 50 heavy (non-hydrogen) atoms. The molecule has 0 atom stereocenters. The minimum Gasteiger partial charge on any atom is -0.455 e. The van der Waals surface area contributed by atoms with E-state index >= 15 is 0 Å². The second kappa shape index (κ2) is 11.6. The lowest BCUT2D eigenvalue weighted by atomic mass is 9.84. The van der Waals surface area contributed by atoms with E-state index in [-0.39, 0.29) is 59.5 Å². The molecule has 0 aliphatic rings. The van der Waals surface area contributed by atoms with Gasteiger partial charge < -0.3 is 4.42 Å². The molecule has 9 aromatic carbocycles. The number of furan rings is 1. The molecule has 234 valence electrons. The first-order chi connectivity index (χ1) is 29.0. The summed E-state index contributed by atoms with van der Waals surface area (Å²) in [6.07, 6.45) is 0.440. The van der Waals surface area contributed by atoms with Gasteiger partial charge in [0.2, 0.25) is 0 Å². The topological polar surface area (TPSA) is 13.1 Å². The first-order valence-electron chi connectivity index (χ1n) is 21.5. The van der Waals surface area contributed by atoms with Gasteiger partial charge in [0, 0.05) is 16.2 Å². The maximum atomic E-state index is 8.76. The fourth-order valence-electron chi connectivity index (χ4n) is 7.56. The Morgan fingerprint density at radius 1 is 0.460 bits per heavy atom. The summed E-state index contributed by atoms with van der Waals surface area (Å²) < 4.78 is 90.6. The van der Waals surface area contributed by atoms with Crippen molar-refractivity contribution in [1.29, 1.82) is 0 Å². The predicted octanol–water partition coefficient (Wildman–Crippen LogP) is 13.6. The van der Waals surface area contributed by atoms with Crippen LogP contribution >= 0.6 is 0 Å². The largest absolute Gasteiger partial charge is 0.455 e. The zero-order valence-corrected chi connectivity index (χ0v) is 26.7. The highest BCUT2D eigenvalue weighted by Crippen LogP contribution is 2.46. The lowest BCUT2D eigenvalue weighted by Crippen LogP contribution is -1.97. The zero-order valence-electron chi connectivity index (χ0n) is 36.7. The maximum absolute atomic E-state index is 8.76. The molecule has 0 saturated heterocycles. The van der Waals surface area contributed by atoms with Crippen LogP contribution in [0.1, 0.15) is 24.8 Å². The summed E-state index contributed by atoms with van der Waals surface area (Å²) in [6, 6.07) is 36.4. The van der Waals surface area contributed by atoms with Gasteiger partial charge in [-0.25, -0.2) is 0 Å². The smallest absolute Gasteiger partial charge is 0.143 e. The summed E-state index contributed by atoms with van der Waals surface area (Å²) in [5.41, 5.74) is 6.73. The Morgan fingerprint density at radius 3 is 1.82 bits per heavy atom. The van der Waals surface area contributed by atoms with E-state index in [1.807, 2.05) is 84.9 Å². The number of benzene rings is 9. The van der Waals surface area contributed by atoms with Crippen molar-refractivity contribution in [2.24, 2.45) is 0 Å². The average Bonchev–Trinajstić information content (AvgIpc) is 3.66. The lowest BCUT2D eigenvalue weighted by molar-refractivity contribution is 0.673. The number of fused-ring (bicyclic) bond motifs is 7. The molecule has 0 bridgehead atoms. The molecule has 1 heterocycles. The molecule has 10 rings (SSSR count). The van der Waals surface area contributed by atoms with Crippen LogP contribution in [0.4, 0.5) is 0 Å². The van der Waals surface area contributed by atoms with Gasteiger partial charge in [-0.3, -0.25) is 0 Å². The molecule has 0 aliphatic carbocycles. The molecule has 0 unspecified atom stereocenters. The molecular weight excluding hydrogens is 605 g/mol. The lowest BCUT2D eigenvalue weighted by Gasteiger charge is -2.19. The normalized spacial score (nSPS) is 14.5. The van der Waals surface area contributed by atoms with Crippen LogP contribution in [0.3, 0.4) is 0 Å². The molecule has 1 heteroatoms. The van der Waals surface area contributed by atoms with Gasteiger partial charge >= 0.3 is 0 Å². The van der Waals surface area contributed by atoms with Gasteiger partial charge in [-0.1, -0.05) is 157 Å². The minimum atomic E-state index is -0.429. The van der Waals surface area contributed by atoms with Crippen molar-refractivity contribution in [3.05, 3.63) is 193 Å². The molecule has 1 aromatic heterocycles. The van der Waals surface area contributed by atoms with Crippen LogP contribution in [0.5, 0.6) is 0 Å². The van der Waals surface area contributed by atoms with Gasteiger partial charge in [0.1, 0.15) is 11.2 Å². The first-order valence-corrected chi connectivity index (χ1v) is 16.5. The van der Waals surface area contributed by atoms with Gasteiger partial charge in [-0.2, -0.15) is 0 Å². The third-order valence-electron chi connectivity index (χ3n) is 9.73. The standard InChI is InChI=1S/C49H32O/c1-3-14-32(15-4-1)34-26-28-38-36(30-34)27-29-44-48-43(24-13-25-46(48)50-49(38)44)47-41-22-11-9-20-39(41)45(40-21-10-12-23-42(40)47)31-35-18-7-8-19-37(35)33-16-5-2-6-17-33/h1-30H,31H2/i1D,2D,3D,4D,5D,6D,14D,15D,16D,17D. The van der Waals surface area contributed by atoms with E-state index in [1.165, 1.54) is 0 Å². The van der Waals surface area contributed by atoms with E-state index < -0.39 is 12.1 Å². The quantitative estimate of drug-likeness (QED) is 0.170. The third-order valence-corrected chi connectivity index (χ3v) is 9.73. The highest BCUT2D eigenvalue weighted by molar-refractivity contribution is 6.24. The van der Waals surface area contributed by atoms with Crippen LogP contribution < -0.4 is 0 Å². The van der Waals surface area contributed by atoms with Gasteiger partial charge in [-0.05, 0) is 102 Å². The van der Waals surface area contributed by atoms with Crippen LogP contribution in [-0.2, 0) is 6.42 Å². The zero-order chi connectivity index (χ0) is 41.7. The molecule has 10 aromatic rings. The van der Waals surface area contributed by atoms with Crippen LogP contribution in [0, 0.1) is 0 Å². The molecule has 1 nitrogen and oxygen atoms in total. The van der Waals surface area contributed by atoms with Crippen molar-refractivity contribution in [3.63, 3.8) is 0 Å². The Bertz CT molecular complexity index is 3360. The fraction of sp³-hybridized carbons (Fsp3) is 0.0204. The molecule has 0 amide bonds. The van der Waals surface area contributed by atoms with Crippen molar-refractivity contribution in [2.75, 3.05) is 0 Å². The van der Waals surface area contributed by atoms with Gasteiger partial charge in [0.05, 0.1) is 13.7 Å². The van der Waals surface area contributed by atoms with E-state index in [2.05, 4.69) is 30.3 Å². The van der Waals surface area contributed by atoms with Gasteiger partial charge in [-0.15, -0.1) is 0 Å². The highest BCUT2D eigenvalue weighted by Gasteiger charge is 2.21. The van der Waals surface area contributed by atoms with Crippen LogP contribution in [-0.4, -0.2) is 0 Å². The minimum absolute atomic E-state index is 0.148. The molecule has 0 fully saturated rings. The van der Waals surface area contributed by atoms with E-state index in [4.69, 9.17) is 18.1 Å². The van der Waals surface area contributed by atoms with Crippen molar-refractivity contribution in [1.82, 2.24) is 0 Å². The summed E-state index contributed by atoms with van der Waals surface area (Å²) in [7, 11) is 0. The fourth-order valence-corrected chi connectivity index (χ4v) is 7.56. The molecule has 0 aliphatic heterocycles. The molecule has 0 saturated carbocycles. The van der Waals surface area contributed by atoms with E-state index in [1.54, 1.807) is 6.07 Å². The van der Waals surface area contributed by atoms with Crippen LogP contribution in [0.15, 0.2) is 186 Å². The van der Waals surface area contributed by atoms with Crippen LogP contribution in [0.25, 0.3) is 87.6 Å².